The van der Waals surface area contributed by atoms with Crippen LogP contribution >= 0.6 is 11.8 Å². The second-order valence-electron chi connectivity index (χ2n) is 6.18. The molecule has 3 N–H and O–H groups in total. The molecule has 136 valence electrons. The van der Waals surface area contributed by atoms with E-state index in [2.05, 4.69) is 15.5 Å². The molecule has 8 heteroatoms. The van der Waals surface area contributed by atoms with Gasteiger partial charge in [-0.2, -0.15) is 0 Å². The van der Waals surface area contributed by atoms with E-state index in [1.54, 1.807) is 12.3 Å². The predicted octanol–water partition coefficient (Wildman–Crippen LogP) is 3.22. The topological polar surface area (TPSA) is 99.0 Å². The number of benzene rings is 1. The Labute approximate surface area is 156 Å². The molecule has 2 aromatic heterocycles. The van der Waals surface area contributed by atoms with Gasteiger partial charge in [0, 0.05) is 5.69 Å². The highest BCUT2D eigenvalue weighted by atomic mass is 32.2. The van der Waals surface area contributed by atoms with Gasteiger partial charge in [-0.3, -0.25) is 4.79 Å². The molecule has 0 saturated heterocycles. The fourth-order valence-corrected chi connectivity index (χ4v) is 3.52. The van der Waals surface area contributed by atoms with Crippen LogP contribution in [0.15, 0.2) is 34.0 Å². The Balaban J connectivity index is 1.68. The number of furan rings is 1. The SMILES string of the molecule is Cc1cc(C)c(NC(=O)CSc2nnc(-c3ccoc3C)n2N)c(C)c1. The summed E-state index contributed by atoms with van der Waals surface area (Å²) in [5.74, 6) is 7.35. The van der Waals surface area contributed by atoms with Gasteiger partial charge in [0.2, 0.25) is 11.1 Å². The predicted molar refractivity (Wildman–Crippen MR) is 103 cm³/mol. The molecule has 0 aliphatic carbocycles. The van der Waals surface area contributed by atoms with E-state index < -0.39 is 0 Å². The van der Waals surface area contributed by atoms with Crippen molar-refractivity contribution in [2.24, 2.45) is 0 Å². The van der Waals surface area contributed by atoms with Gasteiger partial charge in [0.25, 0.3) is 0 Å². The lowest BCUT2D eigenvalue weighted by atomic mass is 10.1. The maximum atomic E-state index is 12.3. The van der Waals surface area contributed by atoms with Gasteiger partial charge in [0.05, 0.1) is 17.6 Å². The summed E-state index contributed by atoms with van der Waals surface area (Å²) < 4.78 is 6.64. The number of nitrogens with two attached hydrogens (primary N) is 1. The third-order valence-electron chi connectivity index (χ3n) is 4.04. The van der Waals surface area contributed by atoms with Gasteiger partial charge >= 0.3 is 0 Å². The van der Waals surface area contributed by atoms with E-state index in [4.69, 9.17) is 10.3 Å². The average Bonchev–Trinajstić information content (AvgIpc) is 3.14. The average molecular weight is 371 g/mol. The maximum absolute atomic E-state index is 12.3. The number of amides is 1. The van der Waals surface area contributed by atoms with Crippen molar-refractivity contribution >= 4 is 23.4 Å². The van der Waals surface area contributed by atoms with E-state index >= 15 is 0 Å². The van der Waals surface area contributed by atoms with E-state index in [1.165, 1.54) is 22.0 Å². The molecule has 0 aliphatic heterocycles. The Bertz CT molecular complexity index is 937. The molecule has 0 spiro atoms. The largest absolute Gasteiger partial charge is 0.469 e. The number of nitrogen functional groups attached to an aromatic ring is 1. The van der Waals surface area contributed by atoms with Gasteiger partial charge in [-0.05, 0) is 44.9 Å². The number of aromatic nitrogens is 3. The zero-order valence-electron chi connectivity index (χ0n) is 15.2. The number of hydrogen-bond donors (Lipinski definition) is 2. The van der Waals surface area contributed by atoms with Crippen molar-refractivity contribution in [3.05, 3.63) is 46.9 Å². The molecular weight excluding hydrogens is 350 g/mol. The number of thioether (sulfide) groups is 1. The summed E-state index contributed by atoms with van der Waals surface area (Å²) in [6.45, 7) is 7.84. The van der Waals surface area contributed by atoms with Crippen molar-refractivity contribution in [3.8, 4) is 11.4 Å². The first-order valence-electron chi connectivity index (χ1n) is 8.12. The number of anilines is 1. The van der Waals surface area contributed by atoms with Crippen LogP contribution in [0, 0.1) is 27.7 Å². The van der Waals surface area contributed by atoms with Crippen molar-refractivity contribution in [2.45, 2.75) is 32.9 Å². The van der Waals surface area contributed by atoms with E-state index in [0.29, 0.717) is 16.7 Å². The van der Waals surface area contributed by atoms with Crippen LogP contribution in [0.2, 0.25) is 0 Å². The van der Waals surface area contributed by atoms with E-state index in [0.717, 1.165) is 22.4 Å². The highest BCUT2D eigenvalue weighted by molar-refractivity contribution is 7.99. The molecule has 1 amide bonds. The fraction of sp³-hybridized carbons (Fsp3) is 0.278. The Morgan fingerprint density at radius 2 is 1.92 bits per heavy atom. The van der Waals surface area contributed by atoms with Crippen LogP contribution in [0.1, 0.15) is 22.5 Å². The quantitative estimate of drug-likeness (QED) is 0.528. The Morgan fingerprint density at radius 3 is 2.54 bits per heavy atom. The van der Waals surface area contributed by atoms with Gasteiger partial charge in [-0.1, -0.05) is 29.5 Å². The molecule has 0 bridgehead atoms. The number of rotatable bonds is 5. The lowest BCUT2D eigenvalue weighted by molar-refractivity contribution is -0.113. The minimum Gasteiger partial charge on any atom is -0.469 e. The normalized spacial score (nSPS) is 10.9. The second kappa shape index (κ2) is 7.25. The molecule has 0 radical (unpaired) electrons. The summed E-state index contributed by atoms with van der Waals surface area (Å²) in [5.41, 5.74) is 4.89. The molecular formula is C18H21N5O2S. The number of nitrogens with zero attached hydrogens (tertiary/aromatic N) is 3. The monoisotopic (exact) mass is 371 g/mol. The second-order valence-corrected chi connectivity index (χ2v) is 7.12. The highest BCUT2D eigenvalue weighted by Crippen LogP contribution is 2.26. The number of hydrogen-bond acceptors (Lipinski definition) is 6. The van der Waals surface area contributed by atoms with Crippen LogP contribution in [-0.2, 0) is 4.79 Å². The lowest BCUT2D eigenvalue weighted by Gasteiger charge is -2.12. The van der Waals surface area contributed by atoms with Crippen LogP contribution in [-0.4, -0.2) is 26.5 Å². The van der Waals surface area contributed by atoms with Crippen molar-refractivity contribution < 1.29 is 9.21 Å². The van der Waals surface area contributed by atoms with Crippen LogP contribution in [0.25, 0.3) is 11.4 Å². The molecule has 26 heavy (non-hydrogen) atoms. The van der Waals surface area contributed by atoms with Gasteiger partial charge in [0.1, 0.15) is 5.76 Å². The molecule has 0 aliphatic rings. The molecule has 3 rings (SSSR count). The van der Waals surface area contributed by atoms with Gasteiger partial charge < -0.3 is 15.6 Å². The number of carbonyl (C=O) groups excluding carboxylic acids is 1. The van der Waals surface area contributed by atoms with Crippen LogP contribution in [0.4, 0.5) is 5.69 Å². The van der Waals surface area contributed by atoms with E-state index in [9.17, 15) is 4.79 Å². The number of nitrogens with one attached hydrogen (secondary N) is 1. The zero-order chi connectivity index (χ0) is 18.8. The summed E-state index contributed by atoms with van der Waals surface area (Å²) in [5, 5.41) is 11.6. The first-order valence-corrected chi connectivity index (χ1v) is 9.11. The lowest BCUT2D eigenvalue weighted by Crippen LogP contribution is -2.17. The van der Waals surface area contributed by atoms with Gasteiger partial charge in [-0.15, -0.1) is 10.2 Å². The maximum Gasteiger partial charge on any atom is 0.234 e. The standard InChI is InChI=1S/C18H21N5O2S/c1-10-7-11(2)16(12(3)8-10)20-15(24)9-26-18-22-21-17(23(18)19)14-5-6-25-13(14)4/h5-8H,9,19H2,1-4H3,(H,20,24). The first-order chi connectivity index (χ1) is 12.4. The molecule has 0 saturated carbocycles. The van der Waals surface area contributed by atoms with E-state index in [1.807, 2.05) is 39.8 Å². The molecule has 2 heterocycles. The summed E-state index contributed by atoms with van der Waals surface area (Å²) in [6, 6.07) is 5.88. The first kappa shape index (κ1) is 18.1. The van der Waals surface area contributed by atoms with Crippen molar-refractivity contribution in [1.29, 1.82) is 0 Å². The highest BCUT2D eigenvalue weighted by Gasteiger charge is 2.17. The van der Waals surface area contributed by atoms with E-state index in [-0.39, 0.29) is 11.7 Å². The smallest absolute Gasteiger partial charge is 0.234 e. The molecule has 1 aromatic carbocycles. The Morgan fingerprint density at radius 1 is 1.23 bits per heavy atom. The molecule has 0 unspecified atom stereocenters. The van der Waals surface area contributed by atoms with Crippen molar-refractivity contribution in [2.75, 3.05) is 16.9 Å². The number of aryl methyl sites for hydroxylation is 4. The third-order valence-corrected chi connectivity index (χ3v) is 4.98. The van der Waals surface area contributed by atoms with Crippen molar-refractivity contribution in [3.63, 3.8) is 0 Å². The molecule has 0 fully saturated rings. The molecule has 0 atom stereocenters. The molecule has 7 nitrogen and oxygen atoms in total. The summed E-state index contributed by atoms with van der Waals surface area (Å²) >= 11 is 1.23. The minimum atomic E-state index is -0.117. The number of carbonyl (C=O) groups is 1. The fourth-order valence-electron chi connectivity index (χ4n) is 2.86. The van der Waals surface area contributed by atoms with Crippen LogP contribution in [0.5, 0.6) is 0 Å². The summed E-state index contributed by atoms with van der Waals surface area (Å²) in [6.07, 6.45) is 1.58. The van der Waals surface area contributed by atoms with Crippen molar-refractivity contribution in [1.82, 2.24) is 14.9 Å². The summed E-state index contributed by atoms with van der Waals surface area (Å²) in [7, 11) is 0. The third kappa shape index (κ3) is 3.60. The minimum absolute atomic E-state index is 0.117. The van der Waals surface area contributed by atoms with Crippen LogP contribution < -0.4 is 11.2 Å². The molecule has 3 aromatic rings. The van der Waals surface area contributed by atoms with Gasteiger partial charge in [-0.25, -0.2) is 4.68 Å². The summed E-state index contributed by atoms with van der Waals surface area (Å²) in [4.78, 5) is 12.3. The van der Waals surface area contributed by atoms with Crippen LogP contribution in [0.3, 0.4) is 0 Å². The van der Waals surface area contributed by atoms with Gasteiger partial charge in [0.15, 0.2) is 5.82 Å². The zero-order valence-corrected chi connectivity index (χ0v) is 16.0. The Hall–Kier alpha value is -2.74. The Kier molecular flexibility index (Phi) is 5.03.